The number of nitro groups is 1. The van der Waals surface area contributed by atoms with E-state index in [0.29, 0.717) is 23.7 Å². The standard InChI is InChI=1S/C11H11N5O3/c12-11(3-4-11)10(17)13-9-7-5-6(16(18)19)1-2-8(7)14-15-9/h1-2,5H,3-4,12H2,(H2,13,14,15,17). The van der Waals surface area contributed by atoms with Crippen molar-refractivity contribution in [2.75, 3.05) is 5.32 Å². The molecule has 0 radical (unpaired) electrons. The van der Waals surface area contributed by atoms with E-state index in [9.17, 15) is 14.9 Å². The van der Waals surface area contributed by atoms with Crippen LogP contribution in [0.2, 0.25) is 0 Å². The van der Waals surface area contributed by atoms with Crippen LogP contribution in [0.15, 0.2) is 18.2 Å². The fourth-order valence-electron chi connectivity index (χ4n) is 1.80. The van der Waals surface area contributed by atoms with Crippen LogP contribution in [-0.2, 0) is 4.79 Å². The molecule has 1 heterocycles. The minimum absolute atomic E-state index is 0.0571. The number of H-pyrrole nitrogens is 1. The Bertz CT molecular complexity index is 689. The third kappa shape index (κ3) is 1.91. The quantitative estimate of drug-likeness (QED) is 0.558. The predicted octanol–water partition coefficient (Wildman–Crippen LogP) is 0.901. The van der Waals surface area contributed by atoms with Gasteiger partial charge in [-0.1, -0.05) is 0 Å². The Morgan fingerprint density at radius 2 is 2.26 bits per heavy atom. The van der Waals surface area contributed by atoms with Gasteiger partial charge in [0.2, 0.25) is 5.91 Å². The molecule has 1 aromatic carbocycles. The molecule has 0 aliphatic heterocycles. The Labute approximate surface area is 107 Å². The van der Waals surface area contributed by atoms with Crippen LogP contribution in [0.3, 0.4) is 0 Å². The van der Waals surface area contributed by atoms with Crippen molar-refractivity contribution < 1.29 is 9.72 Å². The van der Waals surface area contributed by atoms with Crippen molar-refractivity contribution in [2.24, 2.45) is 5.73 Å². The van der Waals surface area contributed by atoms with Crippen LogP contribution >= 0.6 is 0 Å². The molecule has 8 heteroatoms. The number of nitrogens with one attached hydrogen (secondary N) is 2. The third-order valence-corrected chi connectivity index (χ3v) is 3.23. The van der Waals surface area contributed by atoms with E-state index in [-0.39, 0.29) is 17.4 Å². The summed E-state index contributed by atoms with van der Waals surface area (Å²) >= 11 is 0. The van der Waals surface area contributed by atoms with E-state index < -0.39 is 10.5 Å². The van der Waals surface area contributed by atoms with Gasteiger partial charge in [0.1, 0.15) is 0 Å². The second-order valence-electron chi connectivity index (χ2n) is 4.67. The molecule has 0 atom stereocenters. The van der Waals surface area contributed by atoms with Crippen molar-refractivity contribution >= 4 is 28.3 Å². The van der Waals surface area contributed by atoms with Crippen LogP contribution < -0.4 is 11.1 Å². The number of nitro benzene ring substituents is 1. The number of hydrogen-bond acceptors (Lipinski definition) is 5. The smallest absolute Gasteiger partial charge is 0.270 e. The normalized spacial score (nSPS) is 16.3. The number of aromatic amines is 1. The highest BCUT2D eigenvalue weighted by Crippen LogP contribution is 2.34. The molecule has 1 aromatic heterocycles. The maximum atomic E-state index is 11.8. The summed E-state index contributed by atoms with van der Waals surface area (Å²) in [6.07, 6.45) is 1.28. The second-order valence-corrected chi connectivity index (χ2v) is 4.67. The van der Waals surface area contributed by atoms with Gasteiger partial charge in [0.25, 0.3) is 5.69 Å². The largest absolute Gasteiger partial charge is 0.317 e. The zero-order valence-corrected chi connectivity index (χ0v) is 9.84. The van der Waals surface area contributed by atoms with Crippen molar-refractivity contribution in [2.45, 2.75) is 18.4 Å². The molecule has 1 amide bonds. The Hall–Kier alpha value is -2.48. The van der Waals surface area contributed by atoms with Gasteiger partial charge in [-0.15, -0.1) is 0 Å². The summed E-state index contributed by atoms with van der Waals surface area (Å²) in [5.41, 5.74) is 5.51. The Kier molecular flexibility index (Phi) is 2.29. The number of rotatable bonds is 3. The summed E-state index contributed by atoms with van der Waals surface area (Å²) in [7, 11) is 0. The minimum Gasteiger partial charge on any atom is -0.317 e. The molecule has 98 valence electrons. The number of aromatic nitrogens is 2. The summed E-state index contributed by atoms with van der Waals surface area (Å²) in [4.78, 5) is 22.1. The molecule has 19 heavy (non-hydrogen) atoms. The molecule has 1 fully saturated rings. The summed E-state index contributed by atoms with van der Waals surface area (Å²) < 4.78 is 0. The highest BCUT2D eigenvalue weighted by molar-refractivity contribution is 6.05. The van der Waals surface area contributed by atoms with Crippen LogP contribution in [0.4, 0.5) is 11.5 Å². The number of carbonyl (C=O) groups is 1. The summed E-state index contributed by atoms with van der Waals surface area (Å²) in [6, 6.07) is 4.29. The molecule has 2 aromatic rings. The first kappa shape index (κ1) is 11.6. The number of hydrogen-bond donors (Lipinski definition) is 3. The lowest BCUT2D eigenvalue weighted by Crippen LogP contribution is -2.37. The van der Waals surface area contributed by atoms with Gasteiger partial charge in [-0.05, 0) is 18.9 Å². The van der Waals surface area contributed by atoms with Gasteiger partial charge in [0.05, 0.1) is 21.4 Å². The molecule has 0 spiro atoms. The lowest BCUT2D eigenvalue weighted by Gasteiger charge is -2.07. The van der Waals surface area contributed by atoms with Gasteiger partial charge in [-0.2, -0.15) is 5.10 Å². The van der Waals surface area contributed by atoms with Crippen LogP contribution in [0.25, 0.3) is 10.9 Å². The Balaban J connectivity index is 1.97. The van der Waals surface area contributed by atoms with E-state index in [0.717, 1.165) is 0 Å². The van der Waals surface area contributed by atoms with Gasteiger partial charge in [0, 0.05) is 12.1 Å². The lowest BCUT2D eigenvalue weighted by atomic mass is 10.2. The molecular weight excluding hydrogens is 250 g/mol. The van der Waals surface area contributed by atoms with E-state index in [1.54, 1.807) is 6.07 Å². The highest BCUT2D eigenvalue weighted by Gasteiger charge is 2.46. The molecule has 0 saturated heterocycles. The van der Waals surface area contributed by atoms with Crippen LogP contribution in [0.5, 0.6) is 0 Å². The highest BCUT2D eigenvalue weighted by atomic mass is 16.6. The fourth-order valence-corrected chi connectivity index (χ4v) is 1.80. The van der Waals surface area contributed by atoms with Gasteiger partial charge >= 0.3 is 0 Å². The van der Waals surface area contributed by atoms with Crippen LogP contribution in [-0.4, -0.2) is 26.6 Å². The van der Waals surface area contributed by atoms with E-state index in [1.165, 1.54) is 12.1 Å². The van der Waals surface area contributed by atoms with Crippen molar-refractivity contribution in [3.8, 4) is 0 Å². The monoisotopic (exact) mass is 261 g/mol. The van der Waals surface area contributed by atoms with Gasteiger partial charge < -0.3 is 11.1 Å². The number of benzene rings is 1. The molecular formula is C11H11N5O3. The van der Waals surface area contributed by atoms with Gasteiger partial charge in [0.15, 0.2) is 5.82 Å². The maximum absolute atomic E-state index is 11.8. The minimum atomic E-state index is -0.814. The molecule has 1 saturated carbocycles. The zero-order chi connectivity index (χ0) is 13.6. The SMILES string of the molecule is NC1(C(=O)Nc2n[nH]c3ccc([N+](=O)[O-])cc23)CC1. The lowest BCUT2D eigenvalue weighted by molar-refractivity contribution is -0.384. The number of anilines is 1. The van der Waals surface area contributed by atoms with Crippen LogP contribution in [0, 0.1) is 10.1 Å². The fraction of sp³-hybridized carbons (Fsp3) is 0.273. The zero-order valence-electron chi connectivity index (χ0n) is 9.84. The maximum Gasteiger partial charge on any atom is 0.270 e. The number of nitrogens with zero attached hydrogens (tertiary/aromatic N) is 2. The summed E-state index contributed by atoms with van der Waals surface area (Å²) in [6.45, 7) is 0. The number of carbonyl (C=O) groups excluding carboxylic acids is 1. The van der Waals surface area contributed by atoms with Crippen molar-refractivity contribution in [3.63, 3.8) is 0 Å². The van der Waals surface area contributed by atoms with Crippen molar-refractivity contribution in [1.29, 1.82) is 0 Å². The predicted molar refractivity (Wildman–Crippen MR) is 67.5 cm³/mol. The number of nitrogens with two attached hydrogens (primary N) is 1. The molecule has 1 aliphatic carbocycles. The van der Waals surface area contributed by atoms with Gasteiger partial charge in [-0.25, -0.2) is 0 Å². The molecule has 4 N–H and O–H groups in total. The number of amides is 1. The number of non-ortho nitro benzene ring substituents is 1. The van der Waals surface area contributed by atoms with E-state index in [4.69, 9.17) is 5.73 Å². The average Bonchev–Trinajstić information content (AvgIpc) is 3.01. The first-order chi connectivity index (χ1) is 8.99. The first-order valence-electron chi connectivity index (χ1n) is 5.72. The molecule has 0 unspecified atom stereocenters. The molecule has 3 rings (SSSR count). The van der Waals surface area contributed by atoms with E-state index in [1.807, 2.05) is 0 Å². The Morgan fingerprint density at radius 1 is 1.53 bits per heavy atom. The van der Waals surface area contributed by atoms with Crippen molar-refractivity contribution in [3.05, 3.63) is 28.3 Å². The third-order valence-electron chi connectivity index (χ3n) is 3.23. The second kappa shape index (κ2) is 3.75. The number of fused-ring (bicyclic) bond motifs is 1. The Morgan fingerprint density at radius 3 is 2.89 bits per heavy atom. The van der Waals surface area contributed by atoms with Crippen molar-refractivity contribution in [1.82, 2.24) is 10.2 Å². The topological polar surface area (TPSA) is 127 Å². The average molecular weight is 261 g/mol. The van der Waals surface area contributed by atoms with E-state index >= 15 is 0 Å². The van der Waals surface area contributed by atoms with Crippen LogP contribution in [0.1, 0.15) is 12.8 Å². The van der Waals surface area contributed by atoms with E-state index in [2.05, 4.69) is 15.5 Å². The van der Waals surface area contributed by atoms with Gasteiger partial charge in [-0.3, -0.25) is 20.0 Å². The molecule has 8 nitrogen and oxygen atoms in total. The summed E-state index contributed by atoms with van der Waals surface area (Å²) in [5, 5.41) is 20.5. The molecule has 1 aliphatic rings. The molecule has 0 bridgehead atoms. The first-order valence-corrected chi connectivity index (χ1v) is 5.72. The summed E-state index contributed by atoms with van der Waals surface area (Å²) in [5.74, 6) is -0.0483.